The van der Waals surface area contributed by atoms with Gasteiger partial charge in [0.15, 0.2) is 0 Å². The molecule has 1 spiro atoms. The Morgan fingerprint density at radius 2 is 1.48 bits per heavy atom. The normalized spacial score (nSPS) is 20.2. The molecule has 2 aliphatic rings. The van der Waals surface area contributed by atoms with Crippen molar-refractivity contribution in [1.82, 2.24) is 10.2 Å². The topological polar surface area (TPSA) is 75.4 Å². The number of hydrogen-bond donors (Lipinski definition) is 2. The van der Waals surface area contributed by atoms with Gasteiger partial charge < -0.3 is 11.1 Å². The number of primary amides is 1. The average molecular weight is 481 g/mol. The fraction of sp³-hybridized carbons (Fsp3) is 0.636. The minimum atomic E-state index is -5.01. The first-order chi connectivity index (χ1) is 15.0. The van der Waals surface area contributed by atoms with Gasteiger partial charge in [-0.3, -0.25) is 14.5 Å². The Labute approximate surface area is 188 Å². The highest BCUT2D eigenvalue weighted by molar-refractivity contribution is 5.95. The van der Waals surface area contributed by atoms with E-state index in [0.29, 0.717) is 44.5 Å². The van der Waals surface area contributed by atoms with Crippen molar-refractivity contribution >= 4 is 11.8 Å². The summed E-state index contributed by atoms with van der Waals surface area (Å²) in [6, 6.07) is 0.517. The second-order valence-corrected chi connectivity index (χ2v) is 9.36. The van der Waals surface area contributed by atoms with Crippen LogP contribution in [0.15, 0.2) is 18.2 Å². The van der Waals surface area contributed by atoms with Crippen LogP contribution in [0.25, 0.3) is 0 Å². The molecule has 1 atom stereocenters. The summed E-state index contributed by atoms with van der Waals surface area (Å²) in [6.07, 6.45) is -8.12. The highest BCUT2D eigenvalue weighted by Crippen LogP contribution is 2.54. The summed E-state index contributed by atoms with van der Waals surface area (Å²) in [5, 5.41) is 2.56. The van der Waals surface area contributed by atoms with Gasteiger partial charge in [-0.05, 0) is 61.9 Å². The molecule has 1 saturated carbocycles. The number of nitrogens with two attached hydrogens (primary N) is 1. The van der Waals surface area contributed by atoms with Gasteiger partial charge in [-0.1, -0.05) is 20.8 Å². The van der Waals surface area contributed by atoms with E-state index in [1.807, 2.05) is 4.90 Å². The first-order valence-electron chi connectivity index (χ1n) is 10.6. The van der Waals surface area contributed by atoms with Gasteiger partial charge in [0.25, 0.3) is 5.91 Å². The molecule has 3 rings (SSSR count). The summed E-state index contributed by atoms with van der Waals surface area (Å²) in [7, 11) is 0. The molecule has 1 aliphatic heterocycles. The van der Waals surface area contributed by atoms with Crippen LogP contribution in [-0.2, 0) is 17.1 Å². The van der Waals surface area contributed by atoms with Crippen LogP contribution in [0.4, 0.5) is 26.3 Å². The molecular weight excluding hydrogens is 452 g/mol. The Hall–Kier alpha value is -2.30. The first kappa shape index (κ1) is 26.9. The van der Waals surface area contributed by atoms with Gasteiger partial charge in [0.05, 0.1) is 17.7 Å². The number of nitrogens with zero attached hydrogens (tertiary/aromatic N) is 1. The minimum Gasteiger partial charge on any atom is -0.369 e. The molecule has 186 valence electrons. The molecule has 1 saturated heterocycles. The predicted octanol–water partition coefficient (Wildman–Crippen LogP) is 4.46. The first-order valence-corrected chi connectivity index (χ1v) is 10.6. The SMILES string of the molecule is CC(C)C.NC(=O)CN1CCC2(CC1)CC2NC(=O)c1cc(C(F)(F)F)cc(C(F)(F)F)c1. The number of nitrogens with one attached hydrogen (secondary N) is 1. The molecule has 11 heteroatoms. The van der Waals surface area contributed by atoms with Crippen LogP contribution >= 0.6 is 0 Å². The fourth-order valence-corrected chi connectivity index (χ4v) is 3.81. The van der Waals surface area contributed by atoms with E-state index in [2.05, 4.69) is 26.1 Å². The zero-order chi connectivity index (χ0) is 25.2. The third-order valence-corrected chi connectivity index (χ3v) is 5.58. The number of piperidine rings is 1. The molecule has 0 bridgehead atoms. The second kappa shape index (κ2) is 9.90. The van der Waals surface area contributed by atoms with Crippen LogP contribution in [-0.4, -0.2) is 42.4 Å². The van der Waals surface area contributed by atoms with Crippen molar-refractivity contribution in [2.75, 3.05) is 19.6 Å². The number of benzene rings is 1. The number of carbonyl (C=O) groups is 2. The summed E-state index contributed by atoms with van der Waals surface area (Å²) in [5.41, 5.74) is 1.18. The van der Waals surface area contributed by atoms with Crippen LogP contribution < -0.4 is 11.1 Å². The highest BCUT2D eigenvalue weighted by atomic mass is 19.4. The number of likely N-dealkylation sites (tertiary alicyclic amines) is 1. The fourth-order valence-electron chi connectivity index (χ4n) is 3.81. The molecule has 1 aromatic rings. The van der Waals surface area contributed by atoms with Gasteiger partial charge in [0, 0.05) is 11.6 Å². The van der Waals surface area contributed by atoms with E-state index in [4.69, 9.17) is 5.73 Å². The van der Waals surface area contributed by atoms with Crippen LogP contribution in [0.1, 0.15) is 61.5 Å². The smallest absolute Gasteiger partial charge is 0.369 e. The summed E-state index contributed by atoms with van der Waals surface area (Å²) in [6.45, 7) is 7.78. The number of alkyl halides is 6. The van der Waals surface area contributed by atoms with Crippen molar-refractivity contribution in [3.8, 4) is 0 Å². The quantitative estimate of drug-likeness (QED) is 0.624. The maximum Gasteiger partial charge on any atom is 0.416 e. The number of rotatable bonds is 4. The van der Waals surface area contributed by atoms with Crippen molar-refractivity contribution < 1.29 is 35.9 Å². The van der Waals surface area contributed by atoms with Crippen LogP contribution in [0.2, 0.25) is 0 Å². The van der Waals surface area contributed by atoms with E-state index >= 15 is 0 Å². The van der Waals surface area contributed by atoms with Crippen LogP contribution in [0.5, 0.6) is 0 Å². The van der Waals surface area contributed by atoms with E-state index in [0.717, 1.165) is 5.92 Å². The minimum absolute atomic E-state index is 0.0101. The Kier molecular flexibility index (Phi) is 8.09. The van der Waals surface area contributed by atoms with Gasteiger partial charge in [-0.25, -0.2) is 0 Å². The molecule has 2 amide bonds. The summed E-state index contributed by atoms with van der Waals surface area (Å²) in [5.74, 6) is -0.588. The average Bonchev–Trinajstić information content (AvgIpc) is 3.32. The molecule has 1 aliphatic carbocycles. The molecule has 5 nitrogen and oxygen atoms in total. The summed E-state index contributed by atoms with van der Waals surface area (Å²) in [4.78, 5) is 25.2. The molecule has 0 radical (unpaired) electrons. The van der Waals surface area contributed by atoms with Gasteiger partial charge in [0.1, 0.15) is 0 Å². The zero-order valence-corrected chi connectivity index (χ0v) is 18.7. The Morgan fingerprint density at radius 3 is 1.88 bits per heavy atom. The molecule has 0 aromatic heterocycles. The molecule has 3 N–H and O–H groups in total. The Balaban J connectivity index is 0.000000890. The van der Waals surface area contributed by atoms with E-state index in [-0.39, 0.29) is 24.1 Å². The number of halogens is 6. The molecular formula is C22H29F6N3O2. The largest absolute Gasteiger partial charge is 0.416 e. The Morgan fingerprint density at radius 1 is 1.03 bits per heavy atom. The van der Waals surface area contributed by atoms with E-state index in [9.17, 15) is 35.9 Å². The summed E-state index contributed by atoms with van der Waals surface area (Å²) < 4.78 is 77.7. The maximum absolute atomic E-state index is 13.0. The third kappa shape index (κ3) is 7.62. The third-order valence-electron chi connectivity index (χ3n) is 5.58. The molecule has 33 heavy (non-hydrogen) atoms. The maximum atomic E-state index is 13.0. The molecule has 1 heterocycles. The highest BCUT2D eigenvalue weighted by Gasteiger charge is 2.55. The van der Waals surface area contributed by atoms with Crippen LogP contribution in [0.3, 0.4) is 0 Å². The zero-order valence-electron chi connectivity index (χ0n) is 18.7. The lowest BCUT2D eigenvalue weighted by Gasteiger charge is -2.32. The van der Waals surface area contributed by atoms with Gasteiger partial charge in [0.2, 0.25) is 5.91 Å². The summed E-state index contributed by atoms with van der Waals surface area (Å²) >= 11 is 0. The number of amides is 2. The predicted molar refractivity (Wildman–Crippen MR) is 110 cm³/mol. The van der Waals surface area contributed by atoms with Gasteiger partial charge in [-0.2, -0.15) is 26.3 Å². The van der Waals surface area contributed by atoms with Crippen LogP contribution in [0, 0.1) is 11.3 Å². The number of hydrogen-bond acceptors (Lipinski definition) is 3. The lowest BCUT2D eigenvalue weighted by atomic mass is 9.92. The second-order valence-electron chi connectivity index (χ2n) is 9.36. The monoisotopic (exact) mass is 481 g/mol. The van der Waals surface area contributed by atoms with Crippen molar-refractivity contribution in [2.24, 2.45) is 17.1 Å². The van der Waals surface area contributed by atoms with Gasteiger partial charge >= 0.3 is 12.4 Å². The lowest BCUT2D eigenvalue weighted by molar-refractivity contribution is -0.143. The van der Waals surface area contributed by atoms with E-state index in [1.165, 1.54) is 0 Å². The molecule has 1 aromatic carbocycles. The van der Waals surface area contributed by atoms with Crippen molar-refractivity contribution in [3.63, 3.8) is 0 Å². The van der Waals surface area contributed by atoms with Crippen molar-refractivity contribution in [3.05, 3.63) is 34.9 Å². The number of carbonyl (C=O) groups excluding carboxylic acids is 2. The van der Waals surface area contributed by atoms with Crippen molar-refractivity contribution in [1.29, 1.82) is 0 Å². The standard InChI is InChI=1S/C18H19F6N3O2.C4H10/c19-17(20,21)11-5-10(6-12(7-11)18(22,23)24)15(29)26-13-8-16(13)1-3-27(4-2-16)9-14(25)28;1-4(2)3/h5-7,13H,1-4,8-9H2,(H2,25,28)(H,26,29);4H,1-3H3. The molecule has 1 unspecified atom stereocenters. The Bertz CT molecular complexity index is 824. The van der Waals surface area contributed by atoms with Crippen molar-refractivity contribution in [2.45, 2.75) is 58.4 Å². The van der Waals surface area contributed by atoms with Gasteiger partial charge in [-0.15, -0.1) is 0 Å². The van der Waals surface area contributed by atoms with E-state index in [1.54, 1.807) is 0 Å². The lowest BCUT2D eigenvalue weighted by Crippen LogP contribution is -2.42. The molecule has 2 fully saturated rings. The van der Waals surface area contributed by atoms with E-state index < -0.39 is 40.9 Å².